The van der Waals surface area contributed by atoms with Crippen LogP contribution in [0.4, 0.5) is 5.69 Å². The Morgan fingerprint density at radius 1 is 1.19 bits per heavy atom. The molecule has 1 aliphatic carbocycles. The Bertz CT molecular complexity index is 1400. The molecule has 0 atom stereocenters. The molecule has 0 bridgehead atoms. The minimum Gasteiger partial charge on any atom is -0.396 e. The summed E-state index contributed by atoms with van der Waals surface area (Å²) in [5.74, 6) is 0.194. The number of carbonyl (C=O) groups excluding carboxylic acids is 2. The van der Waals surface area contributed by atoms with Crippen molar-refractivity contribution in [3.63, 3.8) is 0 Å². The zero-order valence-corrected chi connectivity index (χ0v) is 25.8. The topological polar surface area (TPSA) is 139 Å². The zero-order valence-electron chi connectivity index (χ0n) is 21.6. The number of aromatic amines is 1. The van der Waals surface area contributed by atoms with E-state index in [1.807, 2.05) is 57.2 Å². The maximum atomic E-state index is 12.4. The number of nitrogens with two attached hydrogens (primary N) is 2. The van der Waals surface area contributed by atoms with Crippen LogP contribution < -0.4 is 16.8 Å². The molecule has 6 N–H and O–H groups in total. The third-order valence-corrected chi connectivity index (χ3v) is 5.95. The van der Waals surface area contributed by atoms with Crippen molar-refractivity contribution in [1.29, 1.82) is 0 Å². The number of fused-ring (bicyclic) bond motifs is 1. The van der Waals surface area contributed by atoms with E-state index in [2.05, 4.69) is 15.5 Å². The molecule has 0 radical (unpaired) electrons. The van der Waals surface area contributed by atoms with Crippen LogP contribution in [-0.4, -0.2) is 27.7 Å². The van der Waals surface area contributed by atoms with Crippen LogP contribution in [0.15, 0.2) is 64.9 Å². The number of H-pyrrole nitrogens is 1. The molecular formula is C28H32N6O2U. The number of nitrogens with zero attached hydrogens (tertiary/aromatic N) is 2. The minimum absolute atomic E-state index is 0. The monoisotopic (exact) mass is 722 g/mol. The summed E-state index contributed by atoms with van der Waals surface area (Å²) in [6.45, 7) is 5.71. The second-order valence-corrected chi connectivity index (χ2v) is 8.54. The Balaban J connectivity index is 0.00000241. The molecule has 0 aliphatic heterocycles. The Hall–Kier alpha value is -3.28. The molecule has 190 valence electrons. The fourth-order valence-corrected chi connectivity index (χ4v) is 4.00. The van der Waals surface area contributed by atoms with Gasteiger partial charge in [0.25, 0.3) is 5.91 Å². The third kappa shape index (κ3) is 6.54. The van der Waals surface area contributed by atoms with Crippen LogP contribution in [0.5, 0.6) is 0 Å². The van der Waals surface area contributed by atoms with Crippen LogP contribution in [0, 0.1) is 51.4 Å². The van der Waals surface area contributed by atoms with Crippen LogP contribution in [-0.2, 0) is 9.59 Å². The molecule has 9 heteroatoms. The number of rotatable bonds is 8. The van der Waals surface area contributed by atoms with Crippen LogP contribution in [0.2, 0.25) is 0 Å². The van der Waals surface area contributed by atoms with Gasteiger partial charge in [-0.3, -0.25) is 20.8 Å². The van der Waals surface area contributed by atoms with Crippen LogP contribution >= 0.6 is 0 Å². The quantitative estimate of drug-likeness (QED) is 0.117. The zero-order chi connectivity index (χ0) is 25.1. The number of aryl methyl sites for hydroxylation is 1. The minimum atomic E-state index is -0.624. The van der Waals surface area contributed by atoms with Crippen LogP contribution in [0.3, 0.4) is 0 Å². The van der Waals surface area contributed by atoms with Crippen LogP contribution in [0.1, 0.15) is 49.8 Å². The van der Waals surface area contributed by atoms with E-state index in [1.165, 1.54) is 0 Å². The standard InChI is InChI=1S/C27H29N6O2.CH3.U/c1-4-7-19(26(29)34)24(28)25(23-15(2)10-13-22-20(23)14-30-33-22)31-16(3)18-8-5-6-9-21(18)32-27(35)17-11-12-17;;/h5-10,13-14H,4,11-12,28H2,1-3H3,(H2,29,34)(H,30,33)(H,32,35);1H3;/q2*-1;+2/b19-7-,25-24+,31-16?;;. The summed E-state index contributed by atoms with van der Waals surface area (Å²) in [5.41, 5.74) is 17.6. The number of hydrogen-bond donors (Lipinski definition) is 4. The van der Waals surface area contributed by atoms with Crippen LogP contribution in [0.25, 0.3) is 16.6 Å². The van der Waals surface area contributed by atoms with Gasteiger partial charge in [0.1, 0.15) is 0 Å². The molecule has 0 unspecified atom stereocenters. The number of anilines is 1. The molecule has 8 nitrogen and oxygen atoms in total. The maximum absolute atomic E-state index is 12.4. The van der Waals surface area contributed by atoms with Gasteiger partial charge in [0.05, 0.1) is 34.6 Å². The van der Waals surface area contributed by atoms with Crippen molar-refractivity contribution in [2.45, 2.75) is 40.0 Å². The first-order valence-corrected chi connectivity index (χ1v) is 11.6. The maximum Gasteiger partial charge on any atom is 2.00 e. The van der Waals surface area contributed by atoms with Gasteiger partial charge in [-0.15, -0.1) is 0 Å². The second-order valence-electron chi connectivity index (χ2n) is 8.54. The van der Waals surface area contributed by atoms with E-state index in [4.69, 9.17) is 16.5 Å². The van der Waals surface area contributed by atoms with E-state index < -0.39 is 5.91 Å². The van der Waals surface area contributed by atoms with E-state index in [0.717, 1.165) is 46.4 Å². The van der Waals surface area contributed by atoms with Gasteiger partial charge in [0.2, 0.25) is 0 Å². The first-order chi connectivity index (χ1) is 16.8. The van der Waals surface area contributed by atoms with Crippen molar-refractivity contribution in [3.05, 3.63) is 90.0 Å². The van der Waals surface area contributed by atoms with Gasteiger partial charge < -0.3 is 29.0 Å². The molecule has 1 saturated carbocycles. The molecule has 1 aromatic heterocycles. The number of hydrogen-bond acceptors (Lipinski definition) is 5. The molecule has 1 fully saturated rings. The molecule has 0 spiro atoms. The second kappa shape index (κ2) is 12.8. The SMILES string of the molecule is CC/C=C(C(N)=O)/C(N)=C(\N=C(C)c1ccccc1NC(=O)[C-]1CC1)c1c(C)ccc2[nH]ncc12.[CH3-].[U+2]. The first kappa shape index (κ1) is 29.9. The summed E-state index contributed by atoms with van der Waals surface area (Å²) in [6, 6.07) is 11.4. The predicted octanol–water partition coefficient (Wildman–Crippen LogP) is 4.59. The fourth-order valence-electron chi connectivity index (χ4n) is 4.00. The average Bonchev–Trinajstić information content (AvgIpc) is 3.59. The van der Waals surface area contributed by atoms with E-state index in [9.17, 15) is 9.59 Å². The molecule has 4 rings (SSSR count). The Labute approximate surface area is 241 Å². The fraction of sp³-hybridized carbons (Fsp3) is 0.214. The Morgan fingerprint density at radius 3 is 2.54 bits per heavy atom. The van der Waals surface area contributed by atoms with Gasteiger partial charge in [0, 0.05) is 27.9 Å². The van der Waals surface area contributed by atoms with E-state index >= 15 is 0 Å². The molecule has 1 heterocycles. The van der Waals surface area contributed by atoms with Crippen molar-refractivity contribution in [2.75, 3.05) is 5.32 Å². The third-order valence-electron chi connectivity index (χ3n) is 5.95. The molecule has 1 aliphatic rings. The number of nitrogens with one attached hydrogen (secondary N) is 2. The van der Waals surface area contributed by atoms with Gasteiger partial charge in [-0.25, -0.2) is 0 Å². The number of benzene rings is 2. The average molecular weight is 723 g/mol. The molecule has 37 heavy (non-hydrogen) atoms. The number of amides is 2. The van der Waals surface area contributed by atoms with E-state index in [1.54, 1.807) is 12.3 Å². The largest absolute Gasteiger partial charge is 2.00 e. The van der Waals surface area contributed by atoms with Gasteiger partial charge in [-0.2, -0.15) is 17.9 Å². The summed E-state index contributed by atoms with van der Waals surface area (Å²) < 4.78 is 0. The Kier molecular flexibility index (Phi) is 10.4. The summed E-state index contributed by atoms with van der Waals surface area (Å²) in [6.07, 6.45) is 5.66. The van der Waals surface area contributed by atoms with E-state index in [-0.39, 0.29) is 55.7 Å². The van der Waals surface area contributed by atoms with Crippen molar-refractivity contribution >= 4 is 39.8 Å². The number of para-hydroxylation sites is 1. The smallest absolute Gasteiger partial charge is 0.396 e. The summed E-state index contributed by atoms with van der Waals surface area (Å²) in [7, 11) is 0. The molecular weight excluding hydrogens is 690 g/mol. The summed E-state index contributed by atoms with van der Waals surface area (Å²) in [5, 5.41) is 11.0. The van der Waals surface area contributed by atoms with Gasteiger partial charge in [-0.05, 0) is 38.0 Å². The predicted molar refractivity (Wildman–Crippen MR) is 146 cm³/mol. The molecule has 2 amide bonds. The van der Waals surface area contributed by atoms with Crippen molar-refractivity contribution < 1.29 is 40.7 Å². The van der Waals surface area contributed by atoms with Crippen molar-refractivity contribution in [3.8, 4) is 0 Å². The van der Waals surface area contributed by atoms with Crippen molar-refractivity contribution in [2.24, 2.45) is 16.5 Å². The number of carbonyl (C=O) groups is 2. The molecule has 0 saturated heterocycles. The van der Waals surface area contributed by atoms with Gasteiger partial charge in [-0.1, -0.05) is 37.3 Å². The van der Waals surface area contributed by atoms with Gasteiger partial charge in [0.15, 0.2) is 0 Å². The summed E-state index contributed by atoms with van der Waals surface area (Å²) in [4.78, 5) is 29.6. The number of aromatic nitrogens is 2. The number of primary amides is 1. The normalized spacial score (nSPS) is 13.9. The molecule has 2 aromatic carbocycles. The number of aliphatic imine (C=N–C) groups is 1. The number of allylic oxidation sites excluding steroid dienone is 1. The van der Waals surface area contributed by atoms with Gasteiger partial charge >= 0.3 is 31.1 Å². The Morgan fingerprint density at radius 2 is 1.89 bits per heavy atom. The first-order valence-electron chi connectivity index (χ1n) is 11.6. The molecule has 3 aromatic rings. The van der Waals surface area contributed by atoms with Crippen molar-refractivity contribution in [1.82, 2.24) is 10.2 Å². The summed E-state index contributed by atoms with van der Waals surface area (Å²) >= 11 is 0. The van der Waals surface area contributed by atoms with E-state index in [0.29, 0.717) is 23.5 Å².